The summed E-state index contributed by atoms with van der Waals surface area (Å²) in [5.41, 5.74) is 1.53. The highest BCUT2D eigenvalue weighted by Gasteiger charge is 2.16. The summed E-state index contributed by atoms with van der Waals surface area (Å²) in [6, 6.07) is 6.43. The molecule has 0 atom stereocenters. The van der Waals surface area contributed by atoms with Crippen molar-refractivity contribution in [2.45, 2.75) is 0 Å². The average Bonchev–Trinajstić information content (AvgIpc) is 2.41. The van der Waals surface area contributed by atoms with Crippen LogP contribution in [-0.2, 0) is 0 Å². The highest BCUT2D eigenvalue weighted by atomic mass is 19.1. The van der Waals surface area contributed by atoms with Gasteiger partial charge in [0, 0.05) is 6.07 Å². The highest BCUT2D eigenvalue weighted by Crippen LogP contribution is 2.21. The van der Waals surface area contributed by atoms with Crippen molar-refractivity contribution in [3.8, 4) is 0 Å². The van der Waals surface area contributed by atoms with Crippen molar-refractivity contribution in [3.63, 3.8) is 0 Å². The summed E-state index contributed by atoms with van der Waals surface area (Å²) >= 11 is 0. The Labute approximate surface area is 112 Å². The third-order valence-electron chi connectivity index (χ3n) is 2.58. The Morgan fingerprint density at radius 2 is 1.80 bits per heavy atom. The van der Waals surface area contributed by atoms with Crippen LogP contribution < -0.4 is 16.6 Å². The number of para-hydroxylation sites is 1. The van der Waals surface area contributed by atoms with Crippen LogP contribution in [0, 0.1) is 17.5 Å². The van der Waals surface area contributed by atoms with E-state index in [4.69, 9.17) is 5.84 Å². The van der Waals surface area contributed by atoms with Crippen LogP contribution in [-0.4, -0.2) is 5.91 Å². The summed E-state index contributed by atoms with van der Waals surface area (Å²) in [7, 11) is 0. The van der Waals surface area contributed by atoms with E-state index >= 15 is 0 Å². The summed E-state index contributed by atoms with van der Waals surface area (Å²) < 4.78 is 39.6. The molecule has 0 heterocycles. The maximum atomic E-state index is 13.4. The van der Waals surface area contributed by atoms with Gasteiger partial charge in [-0.3, -0.25) is 10.6 Å². The van der Waals surface area contributed by atoms with Crippen LogP contribution in [0.15, 0.2) is 36.4 Å². The zero-order chi connectivity index (χ0) is 14.7. The minimum Gasteiger partial charge on any atom is -0.321 e. The van der Waals surface area contributed by atoms with Crippen LogP contribution in [0.2, 0.25) is 0 Å². The highest BCUT2D eigenvalue weighted by molar-refractivity contribution is 6.08. The van der Waals surface area contributed by atoms with Crippen molar-refractivity contribution >= 4 is 17.3 Å². The molecule has 0 aromatic heterocycles. The number of rotatable bonds is 3. The molecular formula is C13H10F3N3O. The lowest BCUT2D eigenvalue weighted by atomic mass is 10.1. The van der Waals surface area contributed by atoms with E-state index in [1.165, 1.54) is 12.1 Å². The van der Waals surface area contributed by atoms with Gasteiger partial charge >= 0.3 is 0 Å². The first-order chi connectivity index (χ1) is 9.52. The van der Waals surface area contributed by atoms with Crippen LogP contribution in [0.25, 0.3) is 0 Å². The number of carbonyl (C=O) groups is 1. The molecule has 0 aliphatic heterocycles. The fourth-order valence-corrected chi connectivity index (χ4v) is 1.64. The van der Waals surface area contributed by atoms with E-state index in [1.54, 1.807) is 0 Å². The predicted octanol–water partition coefficient (Wildman–Crippen LogP) is 2.64. The topological polar surface area (TPSA) is 67.1 Å². The fraction of sp³-hybridized carbons (Fsp3) is 0. The number of anilines is 2. The number of hydrogen-bond donors (Lipinski definition) is 3. The van der Waals surface area contributed by atoms with Gasteiger partial charge < -0.3 is 10.7 Å². The van der Waals surface area contributed by atoms with Gasteiger partial charge in [0.25, 0.3) is 5.91 Å². The number of benzene rings is 2. The van der Waals surface area contributed by atoms with Crippen LogP contribution in [0.5, 0.6) is 0 Å². The standard InChI is InChI=1S/C13H10F3N3O/c14-7-4-5-11(10(16)6-7)18-13(20)8-2-1-3-9(15)12(8)19-17/h1-6,19H,17H2,(H,18,20). The number of hydrogen-bond acceptors (Lipinski definition) is 3. The van der Waals surface area contributed by atoms with Crippen molar-refractivity contribution < 1.29 is 18.0 Å². The first-order valence-electron chi connectivity index (χ1n) is 5.54. The van der Waals surface area contributed by atoms with Crippen molar-refractivity contribution in [1.82, 2.24) is 0 Å². The zero-order valence-corrected chi connectivity index (χ0v) is 10.1. The van der Waals surface area contributed by atoms with Gasteiger partial charge in [-0.15, -0.1) is 0 Å². The van der Waals surface area contributed by atoms with Gasteiger partial charge in [-0.1, -0.05) is 6.07 Å². The van der Waals surface area contributed by atoms with Crippen LogP contribution in [0.4, 0.5) is 24.5 Å². The molecule has 2 aromatic rings. The second kappa shape index (κ2) is 5.62. The lowest BCUT2D eigenvalue weighted by Crippen LogP contribution is -2.19. The molecule has 0 aliphatic rings. The van der Waals surface area contributed by atoms with Crippen LogP contribution >= 0.6 is 0 Å². The van der Waals surface area contributed by atoms with Crippen molar-refractivity contribution in [3.05, 3.63) is 59.4 Å². The molecule has 0 aliphatic carbocycles. The summed E-state index contributed by atoms with van der Waals surface area (Å²) in [4.78, 5) is 11.9. The third-order valence-corrected chi connectivity index (χ3v) is 2.58. The molecule has 0 saturated heterocycles. The van der Waals surface area contributed by atoms with E-state index in [9.17, 15) is 18.0 Å². The summed E-state index contributed by atoms with van der Waals surface area (Å²) in [5, 5.41) is 2.21. The number of nitrogen functional groups attached to an aromatic ring is 1. The van der Waals surface area contributed by atoms with Gasteiger partial charge in [-0.05, 0) is 24.3 Å². The van der Waals surface area contributed by atoms with Crippen molar-refractivity contribution in [2.24, 2.45) is 5.84 Å². The number of nitrogens with one attached hydrogen (secondary N) is 2. The van der Waals surface area contributed by atoms with Crippen LogP contribution in [0.1, 0.15) is 10.4 Å². The van der Waals surface area contributed by atoms with E-state index in [-0.39, 0.29) is 16.9 Å². The van der Waals surface area contributed by atoms with Gasteiger partial charge in [-0.2, -0.15) is 0 Å². The second-order valence-electron chi connectivity index (χ2n) is 3.89. The Bertz CT molecular complexity index is 661. The Balaban J connectivity index is 2.31. The minimum absolute atomic E-state index is 0.101. The largest absolute Gasteiger partial charge is 0.321 e. The van der Waals surface area contributed by atoms with Gasteiger partial charge in [-0.25, -0.2) is 13.2 Å². The molecule has 4 N–H and O–H groups in total. The monoisotopic (exact) mass is 281 g/mol. The van der Waals surface area contributed by atoms with E-state index in [0.717, 1.165) is 18.2 Å². The maximum Gasteiger partial charge on any atom is 0.257 e. The number of nitrogens with two attached hydrogens (primary N) is 1. The maximum absolute atomic E-state index is 13.4. The minimum atomic E-state index is -0.933. The number of hydrazine groups is 1. The molecule has 2 aromatic carbocycles. The van der Waals surface area contributed by atoms with Crippen molar-refractivity contribution in [2.75, 3.05) is 10.7 Å². The van der Waals surface area contributed by atoms with Gasteiger partial charge in [0.2, 0.25) is 0 Å². The molecule has 0 radical (unpaired) electrons. The third kappa shape index (κ3) is 2.72. The van der Waals surface area contributed by atoms with Crippen molar-refractivity contribution in [1.29, 1.82) is 0 Å². The Hall–Kier alpha value is -2.54. The molecule has 0 fully saturated rings. The molecule has 20 heavy (non-hydrogen) atoms. The average molecular weight is 281 g/mol. The van der Waals surface area contributed by atoms with Gasteiger partial charge in [0.1, 0.15) is 17.5 Å². The lowest BCUT2D eigenvalue weighted by molar-refractivity contribution is 0.102. The molecule has 0 spiro atoms. The molecule has 2 rings (SSSR count). The zero-order valence-electron chi connectivity index (χ0n) is 10.1. The smallest absolute Gasteiger partial charge is 0.257 e. The Kier molecular flexibility index (Phi) is 3.90. The second-order valence-corrected chi connectivity index (χ2v) is 3.89. The summed E-state index contributed by atoms with van der Waals surface area (Å²) in [6.07, 6.45) is 0. The quantitative estimate of drug-likeness (QED) is 0.598. The van der Waals surface area contributed by atoms with Gasteiger partial charge in [0.05, 0.1) is 16.9 Å². The summed E-state index contributed by atoms with van der Waals surface area (Å²) in [5.74, 6) is 1.94. The van der Waals surface area contributed by atoms with E-state index < -0.39 is 23.4 Å². The fourth-order valence-electron chi connectivity index (χ4n) is 1.64. The molecule has 4 nitrogen and oxygen atoms in total. The molecule has 0 saturated carbocycles. The Morgan fingerprint density at radius 1 is 1.05 bits per heavy atom. The molecule has 104 valence electrons. The predicted molar refractivity (Wildman–Crippen MR) is 68.5 cm³/mol. The normalized spacial score (nSPS) is 10.2. The van der Waals surface area contributed by atoms with Gasteiger partial charge in [0.15, 0.2) is 0 Å². The molecular weight excluding hydrogens is 271 g/mol. The lowest BCUT2D eigenvalue weighted by Gasteiger charge is -2.10. The molecule has 1 amide bonds. The van der Waals surface area contributed by atoms with E-state index in [0.29, 0.717) is 6.07 Å². The summed E-state index contributed by atoms with van der Waals surface area (Å²) in [6.45, 7) is 0. The first-order valence-corrected chi connectivity index (χ1v) is 5.54. The van der Waals surface area contributed by atoms with E-state index in [1.807, 2.05) is 0 Å². The van der Waals surface area contributed by atoms with Crippen LogP contribution in [0.3, 0.4) is 0 Å². The Morgan fingerprint density at radius 3 is 2.45 bits per heavy atom. The number of carbonyl (C=O) groups excluding carboxylic acids is 1. The first kappa shape index (κ1) is 13.9. The molecule has 7 heteroatoms. The number of amides is 1. The molecule has 0 unspecified atom stereocenters. The number of halogens is 3. The van der Waals surface area contributed by atoms with E-state index in [2.05, 4.69) is 10.7 Å². The SMILES string of the molecule is NNc1c(F)cccc1C(=O)Nc1ccc(F)cc1F. The molecule has 0 bridgehead atoms.